The molecule has 4 rings (SSSR count). The molecule has 0 atom stereocenters. The van der Waals surface area contributed by atoms with Gasteiger partial charge >= 0.3 is 5.97 Å². The monoisotopic (exact) mass is 584 g/mol. The van der Waals surface area contributed by atoms with Gasteiger partial charge in [-0.1, -0.05) is 41.9 Å². The molecule has 0 amide bonds. The zero-order valence-electron chi connectivity index (χ0n) is 19.3. The number of rotatable bonds is 9. The standard InChI is InChI=1S/C26H18BrClN2O7/c1-2-35-23-12-15(10-18(27)24(23)36-14-22(31)16-6-4-3-5-7-16)11-20-26(32)37-25(29-20)17-8-9-19(28)21(13-17)30(33)34/h3-13H,2,14H2,1H3/b20-11-. The summed E-state index contributed by atoms with van der Waals surface area (Å²) in [5, 5.41) is 11.1. The van der Waals surface area contributed by atoms with E-state index >= 15 is 0 Å². The molecule has 11 heteroatoms. The van der Waals surface area contributed by atoms with Crippen LogP contribution in [0.25, 0.3) is 6.08 Å². The number of carbonyl (C=O) groups excluding carboxylic acids is 2. The minimum absolute atomic E-state index is 0.0186. The average Bonchev–Trinajstić information content (AvgIpc) is 3.24. The van der Waals surface area contributed by atoms with Crippen molar-refractivity contribution in [1.82, 2.24) is 0 Å². The second-order valence-electron chi connectivity index (χ2n) is 7.60. The smallest absolute Gasteiger partial charge is 0.363 e. The summed E-state index contributed by atoms with van der Waals surface area (Å²) in [7, 11) is 0. The third-order valence-corrected chi connectivity index (χ3v) is 6.00. The van der Waals surface area contributed by atoms with E-state index in [1.807, 2.05) is 6.07 Å². The van der Waals surface area contributed by atoms with Crippen LogP contribution in [0.5, 0.6) is 11.5 Å². The molecule has 0 radical (unpaired) electrons. The van der Waals surface area contributed by atoms with Crippen molar-refractivity contribution < 1.29 is 28.7 Å². The topological polar surface area (TPSA) is 117 Å². The van der Waals surface area contributed by atoms with Gasteiger partial charge in [-0.05, 0) is 58.8 Å². The molecular formula is C26H18BrClN2O7. The van der Waals surface area contributed by atoms with Gasteiger partial charge in [0.25, 0.3) is 5.69 Å². The van der Waals surface area contributed by atoms with Crippen LogP contribution in [0.1, 0.15) is 28.4 Å². The fraction of sp³-hybridized carbons (Fsp3) is 0.115. The van der Waals surface area contributed by atoms with Gasteiger partial charge in [0.2, 0.25) is 5.90 Å². The first-order valence-corrected chi connectivity index (χ1v) is 12.1. The van der Waals surface area contributed by atoms with Crippen LogP contribution in [-0.4, -0.2) is 35.8 Å². The molecule has 1 aliphatic heterocycles. The van der Waals surface area contributed by atoms with E-state index in [1.54, 1.807) is 43.3 Å². The Hall–Kier alpha value is -4.02. The highest BCUT2D eigenvalue weighted by Gasteiger charge is 2.26. The predicted octanol–water partition coefficient (Wildman–Crippen LogP) is 6.02. The Kier molecular flexibility index (Phi) is 8.00. The molecule has 0 aromatic heterocycles. The van der Waals surface area contributed by atoms with Crippen LogP contribution in [0, 0.1) is 10.1 Å². The molecule has 9 nitrogen and oxygen atoms in total. The van der Waals surface area contributed by atoms with Gasteiger partial charge in [-0.3, -0.25) is 14.9 Å². The van der Waals surface area contributed by atoms with Gasteiger partial charge in [-0.15, -0.1) is 0 Å². The molecule has 0 aliphatic carbocycles. The number of hydrogen-bond acceptors (Lipinski definition) is 8. The van der Waals surface area contributed by atoms with Crippen LogP contribution < -0.4 is 9.47 Å². The largest absolute Gasteiger partial charge is 0.490 e. The number of ketones is 1. The van der Waals surface area contributed by atoms with Gasteiger partial charge in [-0.2, -0.15) is 0 Å². The number of aliphatic imine (C=N–C) groups is 1. The number of carbonyl (C=O) groups is 2. The van der Waals surface area contributed by atoms with Crippen molar-refractivity contribution in [3.05, 3.63) is 103 Å². The van der Waals surface area contributed by atoms with E-state index in [4.69, 9.17) is 25.8 Å². The highest BCUT2D eigenvalue weighted by molar-refractivity contribution is 9.10. The maximum Gasteiger partial charge on any atom is 0.363 e. The number of ether oxygens (including phenoxy) is 3. The highest BCUT2D eigenvalue weighted by Crippen LogP contribution is 2.38. The number of halogens is 2. The molecule has 3 aromatic rings. The normalized spacial score (nSPS) is 13.8. The Labute approximate surface area is 224 Å². The number of nitrogens with zero attached hydrogens (tertiary/aromatic N) is 2. The van der Waals surface area contributed by atoms with Gasteiger partial charge in [0, 0.05) is 17.2 Å². The van der Waals surface area contributed by atoms with E-state index in [-0.39, 0.29) is 40.3 Å². The molecule has 188 valence electrons. The van der Waals surface area contributed by atoms with E-state index in [2.05, 4.69) is 20.9 Å². The second-order valence-corrected chi connectivity index (χ2v) is 8.86. The molecule has 0 spiro atoms. The molecule has 37 heavy (non-hydrogen) atoms. The van der Waals surface area contributed by atoms with Crippen molar-refractivity contribution in [2.75, 3.05) is 13.2 Å². The average molecular weight is 586 g/mol. The van der Waals surface area contributed by atoms with Crippen molar-refractivity contribution in [3.63, 3.8) is 0 Å². The summed E-state index contributed by atoms with van der Waals surface area (Å²) in [6.07, 6.45) is 1.48. The first-order chi connectivity index (χ1) is 17.8. The zero-order valence-corrected chi connectivity index (χ0v) is 21.6. The summed E-state index contributed by atoms with van der Waals surface area (Å²) in [4.78, 5) is 39.6. The summed E-state index contributed by atoms with van der Waals surface area (Å²) in [6.45, 7) is 1.93. The molecule has 1 aliphatic rings. The first kappa shape index (κ1) is 26.1. The molecule has 3 aromatic carbocycles. The summed E-state index contributed by atoms with van der Waals surface area (Å²) in [5.74, 6) is -0.317. The molecule has 0 saturated carbocycles. The van der Waals surface area contributed by atoms with Crippen LogP contribution in [0.3, 0.4) is 0 Å². The lowest BCUT2D eigenvalue weighted by Crippen LogP contribution is -2.12. The van der Waals surface area contributed by atoms with E-state index in [0.717, 1.165) is 0 Å². The highest BCUT2D eigenvalue weighted by atomic mass is 79.9. The number of nitro benzene ring substituents is 1. The van der Waals surface area contributed by atoms with Crippen molar-refractivity contribution in [3.8, 4) is 11.5 Å². The van der Waals surface area contributed by atoms with E-state index in [1.165, 1.54) is 24.3 Å². The van der Waals surface area contributed by atoms with Crippen molar-refractivity contribution >= 4 is 56.9 Å². The molecule has 1 heterocycles. The summed E-state index contributed by atoms with van der Waals surface area (Å²) in [6, 6.07) is 16.1. The Balaban J connectivity index is 1.60. The summed E-state index contributed by atoms with van der Waals surface area (Å²) >= 11 is 9.30. The quantitative estimate of drug-likeness (QED) is 0.0991. The Morgan fingerprint density at radius 2 is 1.92 bits per heavy atom. The molecule has 0 bridgehead atoms. The SMILES string of the molecule is CCOc1cc(/C=C2\N=C(c3ccc(Cl)c([N+](=O)[O-])c3)OC2=O)cc(Br)c1OCC(=O)c1ccccc1. The van der Waals surface area contributed by atoms with E-state index in [0.29, 0.717) is 33.7 Å². The number of hydrogen-bond donors (Lipinski definition) is 0. The van der Waals surface area contributed by atoms with Gasteiger partial charge in [0.15, 0.2) is 29.6 Å². The number of Topliss-reactive ketones (excluding diaryl/α,β-unsaturated/α-hetero) is 1. The Morgan fingerprint density at radius 1 is 1.16 bits per heavy atom. The van der Waals surface area contributed by atoms with Gasteiger partial charge < -0.3 is 14.2 Å². The van der Waals surface area contributed by atoms with Gasteiger partial charge in [0.1, 0.15) is 5.02 Å². The van der Waals surface area contributed by atoms with Gasteiger partial charge in [-0.25, -0.2) is 9.79 Å². The summed E-state index contributed by atoms with van der Waals surface area (Å²) < 4.78 is 17.2. The van der Waals surface area contributed by atoms with Crippen LogP contribution in [0.2, 0.25) is 5.02 Å². The number of esters is 1. The molecule has 0 N–H and O–H groups in total. The van der Waals surface area contributed by atoms with Crippen molar-refractivity contribution in [2.45, 2.75) is 6.92 Å². The minimum atomic E-state index is -0.726. The second kappa shape index (κ2) is 11.4. The number of benzene rings is 3. The molecule has 0 saturated heterocycles. The zero-order chi connectivity index (χ0) is 26.5. The molecule has 0 fully saturated rings. The van der Waals surface area contributed by atoms with Crippen molar-refractivity contribution in [2.24, 2.45) is 4.99 Å². The number of nitro groups is 1. The van der Waals surface area contributed by atoms with Crippen LogP contribution in [0.4, 0.5) is 5.69 Å². The lowest BCUT2D eigenvalue weighted by Gasteiger charge is -2.14. The summed E-state index contributed by atoms with van der Waals surface area (Å²) in [5.41, 5.74) is 0.946. The predicted molar refractivity (Wildman–Crippen MR) is 140 cm³/mol. The van der Waals surface area contributed by atoms with E-state index < -0.39 is 10.9 Å². The lowest BCUT2D eigenvalue weighted by molar-refractivity contribution is -0.384. The van der Waals surface area contributed by atoms with Gasteiger partial charge in [0.05, 0.1) is 16.0 Å². The fourth-order valence-electron chi connectivity index (χ4n) is 3.40. The van der Waals surface area contributed by atoms with Crippen LogP contribution in [-0.2, 0) is 9.53 Å². The molecular weight excluding hydrogens is 568 g/mol. The third-order valence-electron chi connectivity index (χ3n) is 5.09. The fourth-order valence-corrected chi connectivity index (χ4v) is 4.16. The maximum atomic E-state index is 12.5. The van der Waals surface area contributed by atoms with E-state index in [9.17, 15) is 19.7 Å². The minimum Gasteiger partial charge on any atom is -0.490 e. The third kappa shape index (κ3) is 6.04. The van der Waals surface area contributed by atoms with Crippen LogP contribution >= 0.6 is 27.5 Å². The Morgan fingerprint density at radius 3 is 2.62 bits per heavy atom. The Bertz CT molecular complexity index is 1450. The van der Waals surface area contributed by atoms with Crippen LogP contribution in [0.15, 0.2) is 75.8 Å². The first-order valence-electron chi connectivity index (χ1n) is 10.9. The van der Waals surface area contributed by atoms with Crippen molar-refractivity contribution in [1.29, 1.82) is 0 Å². The lowest BCUT2D eigenvalue weighted by atomic mass is 10.1. The number of cyclic esters (lactones) is 1. The molecule has 0 unspecified atom stereocenters. The maximum absolute atomic E-state index is 12.5.